The van der Waals surface area contributed by atoms with Crippen molar-refractivity contribution < 1.29 is 4.74 Å². The van der Waals surface area contributed by atoms with E-state index in [1.807, 2.05) is 6.33 Å². The summed E-state index contributed by atoms with van der Waals surface area (Å²) in [6.45, 7) is 7.50. The van der Waals surface area contributed by atoms with Gasteiger partial charge in [-0.15, -0.1) is 0 Å². The number of hydrogen-bond acceptors (Lipinski definition) is 3. The van der Waals surface area contributed by atoms with Gasteiger partial charge in [-0.3, -0.25) is 0 Å². The second-order valence-electron chi connectivity index (χ2n) is 6.65. The summed E-state index contributed by atoms with van der Waals surface area (Å²) in [5, 5.41) is 3.45. The predicted octanol–water partition coefficient (Wildman–Crippen LogP) is 2.34. The molecule has 2 fully saturated rings. The first-order valence-corrected chi connectivity index (χ1v) is 8.07. The van der Waals surface area contributed by atoms with Crippen LogP contribution in [0, 0.1) is 5.92 Å². The van der Waals surface area contributed by atoms with Crippen molar-refractivity contribution in [2.45, 2.75) is 51.0 Å². The molecule has 2 heterocycles. The van der Waals surface area contributed by atoms with Crippen molar-refractivity contribution in [3.8, 4) is 0 Å². The standard InChI is InChI=1S/C16H27N3O/c1-16(5-7-17-8-6-16)15-11-18-13-19(15)9-2-10-20-12-14-3-4-14/h11,13-14,17H,2-10,12H2,1H3. The van der Waals surface area contributed by atoms with Crippen molar-refractivity contribution in [1.82, 2.24) is 14.9 Å². The van der Waals surface area contributed by atoms with Gasteiger partial charge in [0, 0.05) is 37.1 Å². The smallest absolute Gasteiger partial charge is 0.0948 e. The zero-order chi connectivity index (χ0) is 13.8. The fraction of sp³-hybridized carbons (Fsp3) is 0.812. The first-order chi connectivity index (χ1) is 9.78. The molecule has 4 heteroatoms. The quantitative estimate of drug-likeness (QED) is 0.778. The third-order valence-electron chi connectivity index (χ3n) is 4.78. The maximum atomic E-state index is 5.72. The lowest BCUT2D eigenvalue weighted by Gasteiger charge is -2.34. The Morgan fingerprint density at radius 2 is 2.20 bits per heavy atom. The Hall–Kier alpha value is -0.870. The number of hydrogen-bond donors (Lipinski definition) is 1. The number of ether oxygens (including phenoxy) is 1. The summed E-state index contributed by atoms with van der Waals surface area (Å²) in [5.41, 5.74) is 1.69. The van der Waals surface area contributed by atoms with E-state index in [2.05, 4.69) is 28.0 Å². The van der Waals surface area contributed by atoms with Crippen molar-refractivity contribution in [2.24, 2.45) is 5.92 Å². The van der Waals surface area contributed by atoms with Crippen molar-refractivity contribution in [3.63, 3.8) is 0 Å². The SMILES string of the molecule is CC1(c2cncn2CCCOCC2CC2)CCNCC1. The maximum absolute atomic E-state index is 5.72. The molecule has 1 aliphatic heterocycles. The van der Waals surface area contributed by atoms with Crippen LogP contribution in [0.15, 0.2) is 12.5 Å². The van der Waals surface area contributed by atoms with E-state index in [0.717, 1.165) is 45.2 Å². The molecule has 3 rings (SSSR count). The number of rotatable bonds is 7. The zero-order valence-corrected chi connectivity index (χ0v) is 12.6. The van der Waals surface area contributed by atoms with E-state index in [0.29, 0.717) is 0 Å². The Bertz CT molecular complexity index is 419. The molecule has 0 unspecified atom stereocenters. The third kappa shape index (κ3) is 3.41. The van der Waals surface area contributed by atoms with E-state index in [-0.39, 0.29) is 5.41 Å². The highest BCUT2D eigenvalue weighted by Gasteiger charge is 2.31. The molecule has 0 spiro atoms. The van der Waals surface area contributed by atoms with Gasteiger partial charge in [0.2, 0.25) is 0 Å². The van der Waals surface area contributed by atoms with E-state index in [1.54, 1.807) is 0 Å². The maximum Gasteiger partial charge on any atom is 0.0948 e. The Balaban J connectivity index is 1.50. The molecule has 4 nitrogen and oxygen atoms in total. The van der Waals surface area contributed by atoms with E-state index >= 15 is 0 Å². The van der Waals surface area contributed by atoms with E-state index in [9.17, 15) is 0 Å². The Kier molecular flexibility index (Phi) is 4.41. The van der Waals surface area contributed by atoms with Crippen LogP contribution >= 0.6 is 0 Å². The number of nitrogens with zero attached hydrogens (tertiary/aromatic N) is 2. The topological polar surface area (TPSA) is 39.1 Å². The van der Waals surface area contributed by atoms with Gasteiger partial charge in [-0.25, -0.2) is 4.98 Å². The minimum Gasteiger partial charge on any atom is -0.381 e. The van der Waals surface area contributed by atoms with Crippen LogP contribution in [0.2, 0.25) is 0 Å². The lowest BCUT2D eigenvalue weighted by Crippen LogP contribution is -2.39. The van der Waals surface area contributed by atoms with E-state index in [1.165, 1.54) is 31.4 Å². The van der Waals surface area contributed by atoms with Crippen molar-refractivity contribution in [2.75, 3.05) is 26.3 Å². The second kappa shape index (κ2) is 6.27. The first kappa shape index (κ1) is 14.1. The molecule has 0 bridgehead atoms. The van der Waals surface area contributed by atoms with Gasteiger partial charge in [0.15, 0.2) is 0 Å². The molecular weight excluding hydrogens is 250 g/mol. The van der Waals surface area contributed by atoms with Crippen LogP contribution in [0.3, 0.4) is 0 Å². The summed E-state index contributed by atoms with van der Waals surface area (Å²) in [6, 6.07) is 0. The van der Waals surface area contributed by atoms with Gasteiger partial charge in [-0.1, -0.05) is 6.92 Å². The molecular formula is C16H27N3O. The summed E-state index contributed by atoms with van der Waals surface area (Å²) >= 11 is 0. The number of aryl methyl sites for hydroxylation is 1. The summed E-state index contributed by atoms with van der Waals surface area (Å²) in [5.74, 6) is 0.868. The van der Waals surface area contributed by atoms with E-state index < -0.39 is 0 Å². The number of nitrogens with one attached hydrogen (secondary N) is 1. The molecule has 1 aromatic heterocycles. The van der Waals surface area contributed by atoms with E-state index in [4.69, 9.17) is 4.74 Å². The first-order valence-electron chi connectivity index (χ1n) is 8.07. The van der Waals surface area contributed by atoms with Gasteiger partial charge in [0.25, 0.3) is 0 Å². The van der Waals surface area contributed by atoms with Gasteiger partial charge < -0.3 is 14.6 Å². The number of imidazole rings is 1. The van der Waals surface area contributed by atoms with Crippen LogP contribution in [0.4, 0.5) is 0 Å². The van der Waals surface area contributed by atoms with Gasteiger partial charge in [-0.05, 0) is 51.1 Å². The number of aromatic nitrogens is 2. The van der Waals surface area contributed by atoms with Gasteiger partial charge in [0.1, 0.15) is 0 Å². The molecule has 1 N–H and O–H groups in total. The third-order valence-corrected chi connectivity index (χ3v) is 4.78. The fourth-order valence-electron chi connectivity index (χ4n) is 3.11. The number of piperidine rings is 1. The van der Waals surface area contributed by atoms with Crippen LogP contribution in [0.25, 0.3) is 0 Å². The minimum absolute atomic E-state index is 0.288. The Labute approximate surface area is 121 Å². The second-order valence-corrected chi connectivity index (χ2v) is 6.65. The van der Waals surface area contributed by atoms with Gasteiger partial charge >= 0.3 is 0 Å². The van der Waals surface area contributed by atoms with Gasteiger partial charge in [0.05, 0.1) is 6.33 Å². The fourth-order valence-corrected chi connectivity index (χ4v) is 3.11. The molecule has 20 heavy (non-hydrogen) atoms. The summed E-state index contributed by atoms with van der Waals surface area (Å²) in [7, 11) is 0. The molecule has 2 aliphatic rings. The predicted molar refractivity (Wildman–Crippen MR) is 79.8 cm³/mol. The summed E-state index contributed by atoms with van der Waals surface area (Å²) in [4.78, 5) is 4.38. The lowest BCUT2D eigenvalue weighted by atomic mass is 9.78. The highest BCUT2D eigenvalue weighted by atomic mass is 16.5. The summed E-state index contributed by atoms with van der Waals surface area (Å²) < 4.78 is 8.06. The lowest BCUT2D eigenvalue weighted by molar-refractivity contribution is 0.119. The zero-order valence-electron chi connectivity index (χ0n) is 12.6. The highest BCUT2D eigenvalue weighted by Crippen LogP contribution is 2.32. The van der Waals surface area contributed by atoms with Crippen molar-refractivity contribution >= 4 is 0 Å². The average molecular weight is 277 g/mol. The van der Waals surface area contributed by atoms with Crippen molar-refractivity contribution in [1.29, 1.82) is 0 Å². The molecule has 0 radical (unpaired) electrons. The normalized spacial score (nSPS) is 22.1. The molecule has 1 saturated carbocycles. The minimum atomic E-state index is 0.288. The Morgan fingerprint density at radius 3 is 2.95 bits per heavy atom. The molecule has 0 amide bonds. The molecule has 0 atom stereocenters. The van der Waals surface area contributed by atoms with Crippen LogP contribution in [-0.2, 0) is 16.7 Å². The van der Waals surface area contributed by atoms with Crippen LogP contribution in [0.1, 0.15) is 44.7 Å². The van der Waals surface area contributed by atoms with Crippen LogP contribution in [0.5, 0.6) is 0 Å². The van der Waals surface area contributed by atoms with Crippen LogP contribution in [-0.4, -0.2) is 35.9 Å². The molecule has 1 aliphatic carbocycles. The van der Waals surface area contributed by atoms with Crippen molar-refractivity contribution in [3.05, 3.63) is 18.2 Å². The van der Waals surface area contributed by atoms with Gasteiger partial charge in [-0.2, -0.15) is 0 Å². The molecule has 112 valence electrons. The molecule has 1 aromatic rings. The summed E-state index contributed by atoms with van der Waals surface area (Å²) in [6.07, 6.45) is 10.3. The monoisotopic (exact) mass is 277 g/mol. The largest absolute Gasteiger partial charge is 0.381 e. The van der Waals surface area contributed by atoms with Crippen LogP contribution < -0.4 is 5.32 Å². The highest BCUT2D eigenvalue weighted by molar-refractivity contribution is 5.15. The Morgan fingerprint density at radius 1 is 1.40 bits per heavy atom. The molecule has 0 aromatic carbocycles. The average Bonchev–Trinajstić information content (AvgIpc) is 3.15. The molecule has 1 saturated heterocycles.